The molecule has 0 aliphatic heterocycles. The van der Waals surface area contributed by atoms with Gasteiger partial charge in [0.1, 0.15) is 12.0 Å². The SMILES string of the molecule is Cc1c(-c2ccnc(N)n2)nn2cnc(OCCCO)cc12. The fraction of sp³-hybridized carbons (Fsp3) is 0.286. The Labute approximate surface area is 126 Å². The zero-order valence-electron chi connectivity index (χ0n) is 12.1. The number of nitrogen functional groups attached to an aromatic ring is 1. The molecule has 0 aliphatic rings. The number of aliphatic hydroxyl groups is 1. The maximum absolute atomic E-state index is 8.78. The van der Waals surface area contributed by atoms with E-state index in [9.17, 15) is 0 Å². The van der Waals surface area contributed by atoms with Gasteiger partial charge in [-0.05, 0) is 13.0 Å². The first-order valence-corrected chi connectivity index (χ1v) is 6.86. The Kier molecular flexibility index (Phi) is 3.84. The number of ether oxygens (including phenoxy) is 1. The molecule has 0 unspecified atom stereocenters. The number of hydrogen-bond donors (Lipinski definition) is 2. The smallest absolute Gasteiger partial charge is 0.220 e. The van der Waals surface area contributed by atoms with Gasteiger partial charge in [-0.15, -0.1) is 0 Å². The molecule has 0 saturated heterocycles. The Bertz CT molecular complexity index is 801. The van der Waals surface area contributed by atoms with Crippen LogP contribution in [0.5, 0.6) is 5.88 Å². The second-order valence-electron chi connectivity index (χ2n) is 4.76. The highest BCUT2D eigenvalue weighted by atomic mass is 16.5. The molecule has 3 rings (SSSR count). The molecule has 3 heterocycles. The molecule has 0 fully saturated rings. The number of nitrogens with two attached hydrogens (primary N) is 1. The van der Waals surface area contributed by atoms with Gasteiger partial charge in [-0.25, -0.2) is 19.5 Å². The van der Waals surface area contributed by atoms with Crippen LogP contribution in [-0.2, 0) is 0 Å². The van der Waals surface area contributed by atoms with Gasteiger partial charge in [0, 0.05) is 30.9 Å². The number of rotatable bonds is 5. The molecule has 0 aliphatic carbocycles. The van der Waals surface area contributed by atoms with Crippen molar-refractivity contribution in [3.05, 3.63) is 30.2 Å². The van der Waals surface area contributed by atoms with Crippen molar-refractivity contribution in [1.29, 1.82) is 0 Å². The molecule has 22 heavy (non-hydrogen) atoms. The molecule has 0 spiro atoms. The van der Waals surface area contributed by atoms with Gasteiger partial charge in [0.05, 0.1) is 17.8 Å². The first kappa shape index (κ1) is 14.2. The number of aryl methyl sites for hydroxylation is 1. The molecule has 3 aromatic rings. The molecule has 0 amide bonds. The van der Waals surface area contributed by atoms with Crippen LogP contribution < -0.4 is 10.5 Å². The van der Waals surface area contributed by atoms with Crippen molar-refractivity contribution in [3.63, 3.8) is 0 Å². The molecule has 0 bridgehead atoms. The fourth-order valence-electron chi connectivity index (χ4n) is 2.13. The van der Waals surface area contributed by atoms with Crippen molar-refractivity contribution in [2.75, 3.05) is 18.9 Å². The van der Waals surface area contributed by atoms with E-state index in [1.807, 2.05) is 13.0 Å². The van der Waals surface area contributed by atoms with E-state index in [0.29, 0.717) is 24.6 Å². The lowest BCUT2D eigenvalue weighted by molar-refractivity contribution is 0.229. The van der Waals surface area contributed by atoms with Crippen LogP contribution in [0.25, 0.3) is 16.9 Å². The number of hydrogen-bond acceptors (Lipinski definition) is 7. The third-order valence-corrected chi connectivity index (χ3v) is 3.22. The minimum Gasteiger partial charge on any atom is -0.477 e. The van der Waals surface area contributed by atoms with Crippen molar-refractivity contribution in [1.82, 2.24) is 24.6 Å². The largest absolute Gasteiger partial charge is 0.477 e. The molecule has 3 aromatic heterocycles. The Morgan fingerprint density at radius 2 is 2.23 bits per heavy atom. The second-order valence-corrected chi connectivity index (χ2v) is 4.76. The van der Waals surface area contributed by atoms with Crippen LogP contribution in [-0.4, -0.2) is 42.9 Å². The monoisotopic (exact) mass is 300 g/mol. The molecule has 8 heteroatoms. The molecular weight excluding hydrogens is 284 g/mol. The summed E-state index contributed by atoms with van der Waals surface area (Å²) < 4.78 is 7.15. The van der Waals surface area contributed by atoms with Crippen molar-refractivity contribution >= 4 is 11.5 Å². The van der Waals surface area contributed by atoms with Crippen LogP contribution in [0, 0.1) is 6.92 Å². The minimum atomic E-state index is 0.0905. The zero-order valence-corrected chi connectivity index (χ0v) is 12.1. The van der Waals surface area contributed by atoms with Gasteiger partial charge in [0.15, 0.2) is 0 Å². The van der Waals surface area contributed by atoms with Crippen LogP contribution in [0.15, 0.2) is 24.7 Å². The van der Waals surface area contributed by atoms with E-state index in [0.717, 1.165) is 16.8 Å². The first-order chi connectivity index (χ1) is 10.7. The van der Waals surface area contributed by atoms with Crippen molar-refractivity contribution in [2.45, 2.75) is 13.3 Å². The lowest BCUT2D eigenvalue weighted by Gasteiger charge is -2.03. The van der Waals surface area contributed by atoms with Crippen LogP contribution >= 0.6 is 0 Å². The van der Waals surface area contributed by atoms with Crippen LogP contribution in [0.1, 0.15) is 12.0 Å². The summed E-state index contributed by atoms with van der Waals surface area (Å²) in [6.45, 7) is 2.46. The van der Waals surface area contributed by atoms with Gasteiger partial charge in [-0.2, -0.15) is 5.10 Å². The maximum Gasteiger partial charge on any atom is 0.220 e. The molecule has 0 radical (unpaired) electrons. The predicted octanol–water partition coefficient (Wildman–Crippen LogP) is 0.838. The number of aromatic nitrogens is 5. The van der Waals surface area contributed by atoms with E-state index in [1.165, 1.54) is 0 Å². The number of nitrogens with zero attached hydrogens (tertiary/aromatic N) is 5. The summed E-state index contributed by atoms with van der Waals surface area (Å²) in [7, 11) is 0. The number of anilines is 1. The molecule has 3 N–H and O–H groups in total. The summed E-state index contributed by atoms with van der Waals surface area (Å²) in [6, 6.07) is 3.57. The highest BCUT2D eigenvalue weighted by Crippen LogP contribution is 2.25. The van der Waals surface area contributed by atoms with Crippen molar-refractivity contribution < 1.29 is 9.84 Å². The van der Waals surface area contributed by atoms with Gasteiger partial charge in [0.2, 0.25) is 11.8 Å². The molecule has 114 valence electrons. The highest BCUT2D eigenvalue weighted by Gasteiger charge is 2.13. The minimum absolute atomic E-state index is 0.0905. The normalized spacial score (nSPS) is 11.0. The number of aliphatic hydroxyl groups excluding tert-OH is 1. The zero-order chi connectivity index (χ0) is 15.5. The Morgan fingerprint density at radius 1 is 1.36 bits per heavy atom. The van der Waals surface area contributed by atoms with Gasteiger partial charge < -0.3 is 15.6 Å². The lowest BCUT2D eigenvalue weighted by Crippen LogP contribution is -2.02. The quantitative estimate of drug-likeness (QED) is 0.671. The first-order valence-electron chi connectivity index (χ1n) is 6.86. The Balaban J connectivity index is 1.98. The summed E-state index contributed by atoms with van der Waals surface area (Å²) in [4.78, 5) is 12.3. The molecular formula is C14H16N6O2. The van der Waals surface area contributed by atoms with Crippen molar-refractivity contribution in [3.8, 4) is 17.3 Å². The number of fused-ring (bicyclic) bond motifs is 1. The summed E-state index contributed by atoms with van der Waals surface area (Å²) in [5.41, 5.74) is 8.84. The van der Waals surface area contributed by atoms with E-state index < -0.39 is 0 Å². The maximum atomic E-state index is 8.78. The van der Waals surface area contributed by atoms with Crippen LogP contribution in [0.3, 0.4) is 0 Å². The Morgan fingerprint density at radius 3 is 3.00 bits per heavy atom. The lowest BCUT2D eigenvalue weighted by atomic mass is 10.2. The van der Waals surface area contributed by atoms with E-state index in [-0.39, 0.29) is 12.6 Å². The van der Waals surface area contributed by atoms with Gasteiger partial charge in [-0.1, -0.05) is 0 Å². The summed E-state index contributed by atoms with van der Waals surface area (Å²) >= 11 is 0. The highest BCUT2D eigenvalue weighted by molar-refractivity contribution is 5.70. The van der Waals surface area contributed by atoms with Crippen molar-refractivity contribution in [2.24, 2.45) is 0 Å². The molecule has 0 aromatic carbocycles. The molecule has 0 saturated carbocycles. The second kappa shape index (κ2) is 5.94. The van der Waals surface area contributed by atoms with Gasteiger partial charge >= 0.3 is 0 Å². The molecule has 0 atom stereocenters. The van der Waals surface area contributed by atoms with E-state index in [2.05, 4.69) is 20.1 Å². The average Bonchev–Trinajstić information content (AvgIpc) is 2.85. The summed E-state index contributed by atoms with van der Waals surface area (Å²) in [5.74, 6) is 0.706. The van der Waals surface area contributed by atoms with Gasteiger partial charge in [-0.3, -0.25) is 0 Å². The summed E-state index contributed by atoms with van der Waals surface area (Å²) in [6.07, 6.45) is 3.75. The summed E-state index contributed by atoms with van der Waals surface area (Å²) in [5, 5.41) is 13.2. The van der Waals surface area contributed by atoms with Gasteiger partial charge in [0.25, 0.3) is 0 Å². The standard InChI is InChI=1S/C14H16N6O2/c1-9-11-7-12(22-6-2-5-21)17-8-20(11)19-13(9)10-3-4-16-14(15)18-10/h3-4,7-8,21H,2,5-6H2,1H3,(H2,15,16,18). The third-order valence-electron chi connectivity index (χ3n) is 3.22. The predicted molar refractivity (Wildman–Crippen MR) is 80.4 cm³/mol. The van der Waals surface area contributed by atoms with Crippen LogP contribution in [0.2, 0.25) is 0 Å². The third kappa shape index (κ3) is 2.68. The van der Waals surface area contributed by atoms with Crippen LogP contribution in [0.4, 0.5) is 5.95 Å². The average molecular weight is 300 g/mol. The topological polar surface area (TPSA) is 111 Å². The Hall–Kier alpha value is -2.74. The van der Waals surface area contributed by atoms with E-state index in [1.54, 1.807) is 23.1 Å². The molecule has 8 nitrogen and oxygen atoms in total. The van der Waals surface area contributed by atoms with E-state index >= 15 is 0 Å². The fourth-order valence-corrected chi connectivity index (χ4v) is 2.13. The van der Waals surface area contributed by atoms with E-state index in [4.69, 9.17) is 15.6 Å².